The predicted octanol–water partition coefficient (Wildman–Crippen LogP) is 8.30. The summed E-state index contributed by atoms with van der Waals surface area (Å²) in [4.78, 5) is 27.7. The van der Waals surface area contributed by atoms with Crippen LogP contribution in [0.4, 0.5) is 11.4 Å². The first-order valence-electron chi connectivity index (χ1n) is 12.6. The van der Waals surface area contributed by atoms with Crippen molar-refractivity contribution in [2.45, 2.75) is 6.92 Å². The molecular formula is C32H24ClN3O4. The summed E-state index contributed by atoms with van der Waals surface area (Å²) in [6.45, 7) is 2.07. The standard InChI is InChI=1S/C32H24ClN3O4/c1-2-40-32(37)24-13-16-27(17-14-24)35-29(22-9-5-3-6-10-22)19-25(31(35)23-11-7-4-8-12-23)21-34-26-15-18-28(33)30(20-26)36(38)39/h3-21H,2H2,1H3. The molecule has 0 aliphatic carbocycles. The van der Waals surface area contributed by atoms with Gasteiger partial charge in [-0.2, -0.15) is 0 Å². The molecule has 0 unspecified atom stereocenters. The molecular weight excluding hydrogens is 526 g/mol. The fraction of sp³-hybridized carbons (Fsp3) is 0.0625. The Morgan fingerprint density at radius 2 is 1.57 bits per heavy atom. The molecule has 0 bridgehead atoms. The quantitative estimate of drug-likeness (QED) is 0.0842. The Morgan fingerprint density at radius 3 is 2.20 bits per heavy atom. The van der Waals surface area contributed by atoms with Crippen molar-refractivity contribution >= 4 is 35.2 Å². The van der Waals surface area contributed by atoms with Gasteiger partial charge in [0.1, 0.15) is 5.02 Å². The van der Waals surface area contributed by atoms with Crippen LogP contribution in [-0.4, -0.2) is 28.3 Å². The summed E-state index contributed by atoms with van der Waals surface area (Å²) in [5.74, 6) is -0.377. The third-order valence-corrected chi connectivity index (χ3v) is 6.58. The van der Waals surface area contributed by atoms with Gasteiger partial charge in [0.25, 0.3) is 5.69 Å². The minimum Gasteiger partial charge on any atom is -0.462 e. The van der Waals surface area contributed by atoms with Gasteiger partial charge in [0.15, 0.2) is 0 Å². The average molecular weight is 550 g/mol. The number of ether oxygens (including phenoxy) is 1. The second-order valence-corrected chi connectivity index (χ2v) is 9.23. The molecule has 0 fully saturated rings. The van der Waals surface area contributed by atoms with Gasteiger partial charge in [-0.25, -0.2) is 4.79 Å². The van der Waals surface area contributed by atoms with Crippen LogP contribution in [0.1, 0.15) is 22.8 Å². The van der Waals surface area contributed by atoms with E-state index < -0.39 is 4.92 Å². The molecule has 1 aromatic heterocycles. The zero-order valence-electron chi connectivity index (χ0n) is 21.5. The molecule has 7 nitrogen and oxygen atoms in total. The molecule has 0 spiro atoms. The van der Waals surface area contributed by atoms with Crippen molar-refractivity contribution < 1.29 is 14.5 Å². The Balaban J connectivity index is 1.71. The summed E-state index contributed by atoms with van der Waals surface area (Å²) < 4.78 is 7.27. The topological polar surface area (TPSA) is 86.7 Å². The van der Waals surface area contributed by atoms with Gasteiger partial charge in [-0.1, -0.05) is 72.3 Å². The van der Waals surface area contributed by atoms with E-state index in [0.29, 0.717) is 17.9 Å². The van der Waals surface area contributed by atoms with Gasteiger partial charge in [-0.05, 0) is 60.5 Å². The van der Waals surface area contributed by atoms with Gasteiger partial charge in [0.2, 0.25) is 0 Å². The van der Waals surface area contributed by atoms with Crippen molar-refractivity contribution in [3.05, 3.63) is 135 Å². The van der Waals surface area contributed by atoms with Crippen LogP contribution in [0.25, 0.3) is 28.2 Å². The fourth-order valence-electron chi connectivity index (χ4n) is 4.44. The first-order valence-corrected chi connectivity index (χ1v) is 13.0. The number of nitro groups is 1. The Labute approximate surface area is 236 Å². The largest absolute Gasteiger partial charge is 0.462 e. The van der Waals surface area contributed by atoms with E-state index in [9.17, 15) is 14.9 Å². The highest BCUT2D eigenvalue weighted by atomic mass is 35.5. The van der Waals surface area contributed by atoms with Crippen molar-refractivity contribution in [2.24, 2.45) is 4.99 Å². The number of halogens is 1. The molecule has 0 saturated carbocycles. The number of carbonyl (C=O) groups excluding carboxylic acids is 1. The van der Waals surface area contributed by atoms with Crippen LogP contribution < -0.4 is 0 Å². The summed E-state index contributed by atoms with van der Waals surface area (Å²) in [5, 5.41) is 11.4. The summed E-state index contributed by atoms with van der Waals surface area (Å²) >= 11 is 6.00. The van der Waals surface area contributed by atoms with E-state index in [-0.39, 0.29) is 16.7 Å². The Kier molecular flexibility index (Phi) is 7.84. The SMILES string of the molecule is CCOC(=O)c1ccc(-n2c(-c3ccccc3)cc(C=Nc3ccc(Cl)c([N+](=O)[O-])c3)c2-c2ccccc2)cc1. The van der Waals surface area contributed by atoms with Crippen molar-refractivity contribution in [2.75, 3.05) is 6.61 Å². The second-order valence-electron chi connectivity index (χ2n) is 8.82. The molecule has 0 saturated heterocycles. The second kappa shape index (κ2) is 11.8. The Morgan fingerprint density at radius 1 is 0.925 bits per heavy atom. The molecule has 0 N–H and O–H groups in total. The first-order chi connectivity index (χ1) is 19.5. The van der Waals surface area contributed by atoms with Crippen molar-refractivity contribution in [1.82, 2.24) is 4.57 Å². The first kappa shape index (κ1) is 26.6. The van der Waals surface area contributed by atoms with Crippen LogP contribution in [0.15, 0.2) is 114 Å². The highest BCUT2D eigenvalue weighted by molar-refractivity contribution is 6.32. The molecule has 0 aliphatic rings. The third kappa shape index (κ3) is 5.55. The molecule has 198 valence electrons. The predicted molar refractivity (Wildman–Crippen MR) is 158 cm³/mol. The summed E-state index contributed by atoms with van der Waals surface area (Å²) in [6.07, 6.45) is 1.70. The lowest BCUT2D eigenvalue weighted by Gasteiger charge is -2.15. The molecule has 40 heavy (non-hydrogen) atoms. The van der Waals surface area contributed by atoms with Crippen LogP contribution in [0.3, 0.4) is 0 Å². The van der Waals surface area contributed by atoms with Crippen molar-refractivity contribution in [3.63, 3.8) is 0 Å². The van der Waals surface area contributed by atoms with E-state index in [1.54, 1.807) is 31.3 Å². The summed E-state index contributed by atoms with van der Waals surface area (Å²) in [7, 11) is 0. The molecule has 0 atom stereocenters. The van der Waals surface area contributed by atoms with E-state index in [1.807, 2.05) is 78.9 Å². The highest BCUT2D eigenvalue weighted by Crippen LogP contribution is 2.36. The number of nitro benzene ring substituents is 1. The number of aromatic nitrogens is 1. The van der Waals surface area contributed by atoms with Crippen molar-refractivity contribution in [1.29, 1.82) is 0 Å². The number of aliphatic imine (C=N–C) groups is 1. The number of nitrogens with zero attached hydrogens (tertiary/aromatic N) is 3. The minimum absolute atomic E-state index is 0.0534. The summed E-state index contributed by atoms with van der Waals surface area (Å²) in [5.41, 5.74) is 6.02. The Hall–Kier alpha value is -5.01. The molecule has 4 aromatic carbocycles. The lowest BCUT2D eigenvalue weighted by Crippen LogP contribution is -2.05. The lowest BCUT2D eigenvalue weighted by molar-refractivity contribution is -0.384. The molecule has 5 aromatic rings. The normalized spacial score (nSPS) is 11.1. The molecule has 0 aliphatic heterocycles. The monoisotopic (exact) mass is 549 g/mol. The van der Waals surface area contributed by atoms with Gasteiger partial charge in [0, 0.05) is 23.5 Å². The number of benzene rings is 4. The average Bonchev–Trinajstić information content (AvgIpc) is 3.37. The molecule has 8 heteroatoms. The number of hydrogen-bond acceptors (Lipinski definition) is 5. The maximum Gasteiger partial charge on any atom is 0.338 e. The van der Waals surface area contributed by atoms with E-state index >= 15 is 0 Å². The van der Waals surface area contributed by atoms with Crippen LogP contribution >= 0.6 is 11.6 Å². The fourth-order valence-corrected chi connectivity index (χ4v) is 4.62. The van der Waals surface area contributed by atoms with E-state index in [1.165, 1.54) is 12.1 Å². The maximum atomic E-state index is 12.3. The van der Waals surface area contributed by atoms with Crippen LogP contribution in [0.5, 0.6) is 0 Å². The molecule has 0 amide bonds. The third-order valence-electron chi connectivity index (χ3n) is 6.26. The number of rotatable bonds is 8. The zero-order valence-corrected chi connectivity index (χ0v) is 22.3. The number of hydrogen-bond donors (Lipinski definition) is 0. The maximum absolute atomic E-state index is 12.3. The minimum atomic E-state index is -0.527. The van der Waals surface area contributed by atoms with Crippen LogP contribution in [-0.2, 0) is 4.74 Å². The van der Waals surface area contributed by atoms with Gasteiger partial charge < -0.3 is 9.30 Å². The smallest absolute Gasteiger partial charge is 0.338 e. The number of carbonyl (C=O) groups is 1. The van der Waals surface area contributed by atoms with Gasteiger partial charge in [-0.15, -0.1) is 0 Å². The highest BCUT2D eigenvalue weighted by Gasteiger charge is 2.19. The lowest BCUT2D eigenvalue weighted by atomic mass is 10.1. The number of esters is 1. The van der Waals surface area contributed by atoms with Crippen LogP contribution in [0.2, 0.25) is 5.02 Å². The Bertz CT molecular complexity index is 1700. The zero-order chi connectivity index (χ0) is 28.1. The van der Waals surface area contributed by atoms with Crippen LogP contribution in [0, 0.1) is 10.1 Å². The van der Waals surface area contributed by atoms with Gasteiger partial charge >= 0.3 is 5.97 Å². The van der Waals surface area contributed by atoms with Gasteiger partial charge in [0.05, 0.1) is 34.2 Å². The van der Waals surface area contributed by atoms with Crippen molar-refractivity contribution in [3.8, 4) is 28.2 Å². The molecule has 1 heterocycles. The van der Waals surface area contributed by atoms with E-state index in [4.69, 9.17) is 16.3 Å². The molecule has 0 radical (unpaired) electrons. The van der Waals surface area contributed by atoms with E-state index in [2.05, 4.69) is 9.56 Å². The molecule has 5 rings (SSSR count). The van der Waals surface area contributed by atoms with E-state index in [0.717, 1.165) is 33.8 Å². The van der Waals surface area contributed by atoms with Gasteiger partial charge in [-0.3, -0.25) is 15.1 Å². The summed E-state index contributed by atoms with van der Waals surface area (Å²) in [6, 6.07) is 33.6.